The Hall–Kier alpha value is -2.20. The molecule has 1 saturated heterocycles. The molecular weight excluding hydrogens is 322 g/mol. The SMILES string of the molecule is C/C=C(\C=C/C(C)C)c1nn(CC2CCOCC2)c2ccncc12.C=C. The van der Waals surface area contributed by atoms with Crippen LogP contribution in [0.1, 0.15) is 39.3 Å². The van der Waals surface area contributed by atoms with Gasteiger partial charge in [0.2, 0.25) is 0 Å². The van der Waals surface area contributed by atoms with Gasteiger partial charge in [0, 0.05) is 37.5 Å². The molecule has 140 valence electrons. The Morgan fingerprint density at radius 3 is 2.73 bits per heavy atom. The van der Waals surface area contributed by atoms with Crippen LogP contribution in [0, 0.1) is 11.8 Å². The Labute approximate surface area is 157 Å². The smallest absolute Gasteiger partial charge is 0.101 e. The number of ether oxygens (including phenoxy) is 1. The summed E-state index contributed by atoms with van der Waals surface area (Å²) in [7, 11) is 0. The van der Waals surface area contributed by atoms with E-state index in [1.54, 1.807) is 0 Å². The van der Waals surface area contributed by atoms with Crippen LogP contribution in [0.4, 0.5) is 0 Å². The standard InChI is InChI=1S/C20H27N3O.C2H4/c1-4-17(6-5-15(2)3)20-18-13-21-10-7-19(18)23(22-20)14-16-8-11-24-12-9-16;1-2/h4-7,10,13,15-16H,8-9,11-12,14H2,1-3H3;1-2H2/b6-5-,17-4+;. The van der Waals surface area contributed by atoms with Gasteiger partial charge in [-0.15, -0.1) is 13.2 Å². The molecule has 0 radical (unpaired) electrons. The minimum atomic E-state index is 0.522. The molecule has 3 rings (SSSR count). The van der Waals surface area contributed by atoms with Crippen LogP contribution in [0.3, 0.4) is 0 Å². The predicted octanol–water partition coefficient (Wildman–Crippen LogP) is 5.28. The first-order valence-corrected chi connectivity index (χ1v) is 9.42. The number of allylic oxidation sites excluding steroid dienone is 4. The third-order valence-electron chi connectivity index (χ3n) is 4.57. The van der Waals surface area contributed by atoms with Crippen molar-refractivity contribution in [2.24, 2.45) is 11.8 Å². The number of hydrogen-bond acceptors (Lipinski definition) is 3. The van der Waals surface area contributed by atoms with E-state index in [-0.39, 0.29) is 0 Å². The zero-order valence-corrected chi connectivity index (χ0v) is 16.3. The summed E-state index contributed by atoms with van der Waals surface area (Å²) in [5, 5.41) is 6.08. The van der Waals surface area contributed by atoms with Crippen molar-refractivity contribution in [3.63, 3.8) is 0 Å². The lowest BCUT2D eigenvalue weighted by molar-refractivity contribution is 0.0605. The lowest BCUT2D eigenvalue weighted by Gasteiger charge is -2.22. The zero-order valence-electron chi connectivity index (χ0n) is 16.3. The largest absolute Gasteiger partial charge is 0.381 e. The van der Waals surface area contributed by atoms with E-state index >= 15 is 0 Å². The second-order valence-corrected chi connectivity index (χ2v) is 6.83. The fraction of sp³-hybridized carbons (Fsp3) is 0.455. The second-order valence-electron chi connectivity index (χ2n) is 6.83. The predicted molar refractivity (Wildman–Crippen MR) is 110 cm³/mol. The molecule has 2 aromatic rings. The molecule has 0 bridgehead atoms. The molecule has 0 aliphatic carbocycles. The molecule has 4 nitrogen and oxygen atoms in total. The normalized spacial score (nSPS) is 16.2. The summed E-state index contributed by atoms with van der Waals surface area (Å²) in [5.41, 5.74) is 3.36. The molecular formula is C22H31N3O. The fourth-order valence-electron chi connectivity index (χ4n) is 3.16. The van der Waals surface area contributed by atoms with Crippen LogP contribution in [0.5, 0.6) is 0 Å². The van der Waals surface area contributed by atoms with Gasteiger partial charge < -0.3 is 4.74 Å². The number of aromatic nitrogens is 3. The van der Waals surface area contributed by atoms with Gasteiger partial charge in [-0.2, -0.15) is 5.10 Å². The molecule has 1 aliphatic rings. The number of rotatable bonds is 5. The van der Waals surface area contributed by atoms with Crippen LogP contribution < -0.4 is 0 Å². The first kappa shape index (κ1) is 20.1. The summed E-state index contributed by atoms with van der Waals surface area (Å²) < 4.78 is 7.64. The summed E-state index contributed by atoms with van der Waals surface area (Å²) in [6.07, 6.45) is 12.6. The van der Waals surface area contributed by atoms with E-state index in [0.717, 1.165) is 49.3 Å². The highest BCUT2D eigenvalue weighted by atomic mass is 16.5. The highest BCUT2D eigenvalue weighted by molar-refractivity contribution is 5.92. The lowest BCUT2D eigenvalue weighted by atomic mass is 10.0. The molecule has 4 heteroatoms. The minimum Gasteiger partial charge on any atom is -0.381 e. The Morgan fingerprint density at radius 1 is 1.35 bits per heavy atom. The van der Waals surface area contributed by atoms with Crippen LogP contribution in [0.15, 0.2) is 49.8 Å². The van der Waals surface area contributed by atoms with Gasteiger partial charge in [-0.3, -0.25) is 9.67 Å². The second kappa shape index (κ2) is 10.1. The molecule has 0 amide bonds. The van der Waals surface area contributed by atoms with Gasteiger partial charge in [-0.1, -0.05) is 32.1 Å². The van der Waals surface area contributed by atoms with Crippen LogP contribution in [-0.4, -0.2) is 28.0 Å². The van der Waals surface area contributed by atoms with Crippen molar-refractivity contribution in [1.82, 2.24) is 14.8 Å². The van der Waals surface area contributed by atoms with Crippen LogP contribution in [0.25, 0.3) is 16.5 Å². The van der Waals surface area contributed by atoms with E-state index < -0.39 is 0 Å². The maximum absolute atomic E-state index is 5.48. The van der Waals surface area contributed by atoms with Gasteiger partial charge in [0.25, 0.3) is 0 Å². The maximum atomic E-state index is 5.48. The number of fused-ring (bicyclic) bond motifs is 1. The average Bonchev–Trinajstić information content (AvgIpc) is 3.03. The first-order valence-electron chi connectivity index (χ1n) is 9.42. The van der Waals surface area contributed by atoms with Gasteiger partial charge in [-0.25, -0.2) is 0 Å². The van der Waals surface area contributed by atoms with Gasteiger partial charge in [0.15, 0.2) is 0 Å². The van der Waals surface area contributed by atoms with Crippen molar-refractivity contribution in [1.29, 1.82) is 0 Å². The number of nitrogens with zero attached hydrogens (tertiary/aromatic N) is 3. The van der Waals surface area contributed by atoms with Gasteiger partial charge in [-0.05, 0) is 43.2 Å². The Bertz CT molecular complexity index is 752. The molecule has 2 aromatic heterocycles. The molecule has 3 heterocycles. The highest BCUT2D eigenvalue weighted by Gasteiger charge is 2.18. The molecule has 0 unspecified atom stereocenters. The van der Waals surface area contributed by atoms with Crippen molar-refractivity contribution < 1.29 is 4.74 Å². The average molecular weight is 354 g/mol. The Balaban J connectivity index is 0.00000117. The molecule has 0 atom stereocenters. The quantitative estimate of drug-likeness (QED) is 0.542. The third kappa shape index (κ3) is 4.92. The lowest BCUT2D eigenvalue weighted by Crippen LogP contribution is -2.20. The van der Waals surface area contributed by atoms with Crippen molar-refractivity contribution in [2.45, 2.75) is 40.2 Å². The minimum absolute atomic E-state index is 0.522. The van der Waals surface area contributed by atoms with Crippen molar-refractivity contribution >= 4 is 16.5 Å². The van der Waals surface area contributed by atoms with E-state index in [1.807, 2.05) is 12.4 Å². The van der Waals surface area contributed by atoms with Crippen LogP contribution in [0.2, 0.25) is 0 Å². The summed E-state index contributed by atoms with van der Waals surface area (Å²) in [5.74, 6) is 1.16. The van der Waals surface area contributed by atoms with E-state index in [4.69, 9.17) is 9.84 Å². The van der Waals surface area contributed by atoms with Crippen LogP contribution >= 0.6 is 0 Å². The number of pyridine rings is 1. The maximum Gasteiger partial charge on any atom is 0.101 e. The molecule has 0 saturated carbocycles. The van der Waals surface area contributed by atoms with E-state index in [0.29, 0.717) is 11.8 Å². The van der Waals surface area contributed by atoms with Crippen molar-refractivity contribution in [3.05, 3.63) is 55.5 Å². The molecule has 0 N–H and O–H groups in total. The molecule has 0 aromatic carbocycles. The summed E-state index contributed by atoms with van der Waals surface area (Å²) in [6, 6.07) is 2.07. The Kier molecular flexibility index (Phi) is 7.79. The van der Waals surface area contributed by atoms with Crippen molar-refractivity contribution in [2.75, 3.05) is 13.2 Å². The molecule has 1 fully saturated rings. The highest BCUT2D eigenvalue weighted by Crippen LogP contribution is 2.27. The van der Waals surface area contributed by atoms with Crippen molar-refractivity contribution in [3.8, 4) is 0 Å². The van der Waals surface area contributed by atoms with Gasteiger partial charge in [0.05, 0.1) is 5.52 Å². The fourth-order valence-corrected chi connectivity index (χ4v) is 3.16. The molecule has 0 spiro atoms. The van der Waals surface area contributed by atoms with Gasteiger partial charge in [0.1, 0.15) is 5.69 Å². The first-order chi connectivity index (χ1) is 12.7. The van der Waals surface area contributed by atoms with E-state index in [2.05, 4.69) is 67.9 Å². The summed E-state index contributed by atoms with van der Waals surface area (Å²) in [4.78, 5) is 4.32. The van der Waals surface area contributed by atoms with E-state index in [9.17, 15) is 0 Å². The third-order valence-corrected chi connectivity index (χ3v) is 4.57. The molecule has 1 aliphatic heterocycles. The zero-order chi connectivity index (χ0) is 18.9. The van der Waals surface area contributed by atoms with E-state index in [1.165, 1.54) is 5.52 Å². The monoisotopic (exact) mass is 353 g/mol. The topological polar surface area (TPSA) is 39.9 Å². The van der Waals surface area contributed by atoms with Gasteiger partial charge >= 0.3 is 0 Å². The summed E-state index contributed by atoms with van der Waals surface area (Å²) >= 11 is 0. The molecule has 26 heavy (non-hydrogen) atoms. The Morgan fingerprint density at radius 2 is 2.08 bits per heavy atom. The van der Waals surface area contributed by atoms with Crippen LogP contribution in [-0.2, 0) is 11.3 Å². The number of hydrogen-bond donors (Lipinski definition) is 0. The summed E-state index contributed by atoms with van der Waals surface area (Å²) in [6.45, 7) is 15.1.